The van der Waals surface area contributed by atoms with E-state index in [1.165, 1.54) is 6.07 Å². The second kappa shape index (κ2) is 7.09. The maximum absolute atomic E-state index is 14.3. The Hall–Kier alpha value is -0.620. The molecule has 0 atom stereocenters. The summed E-state index contributed by atoms with van der Waals surface area (Å²) in [4.78, 5) is 0. The molecule has 1 N–H and O–H groups in total. The van der Waals surface area contributed by atoms with Gasteiger partial charge >= 0.3 is 0 Å². The quantitative estimate of drug-likeness (QED) is 0.728. The number of rotatable bonds is 6. The Bertz CT molecular complexity index is 642. The van der Waals surface area contributed by atoms with E-state index in [-0.39, 0.29) is 11.6 Å². The molecular formula is C15H18BrClFNO2. The van der Waals surface area contributed by atoms with Crippen LogP contribution in [0.15, 0.2) is 15.0 Å². The van der Waals surface area contributed by atoms with Crippen LogP contribution in [0.2, 0.25) is 5.02 Å². The van der Waals surface area contributed by atoms with Gasteiger partial charge in [0.15, 0.2) is 11.4 Å². The highest BCUT2D eigenvalue weighted by Gasteiger charge is 2.21. The summed E-state index contributed by atoms with van der Waals surface area (Å²) < 4.78 is 26.0. The molecule has 0 amide bonds. The van der Waals surface area contributed by atoms with Gasteiger partial charge in [-0.3, -0.25) is 0 Å². The van der Waals surface area contributed by atoms with Gasteiger partial charge in [-0.1, -0.05) is 25.4 Å². The third-order valence-corrected chi connectivity index (χ3v) is 3.98. The predicted molar refractivity (Wildman–Crippen MR) is 86.1 cm³/mol. The number of nitrogens with one attached hydrogen (secondary N) is 1. The van der Waals surface area contributed by atoms with E-state index in [1.807, 2.05) is 0 Å². The van der Waals surface area contributed by atoms with Crippen molar-refractivity contribution in [2.45, 2.75) is 27.0 Å². The topological polar surface area (TPSA) is 34.4 Å². The van der Waals surface area contributed by atoms with Crippen LogP contribution in [0.3, 0.4) is 0 Å². The van der Waals surface area contributed by atoms with Gasteiger partial charge in [0, 0.05) is 12.7 Å². The molecule has 1 aromatic heterocycles. The molecule has 3 nitrogen and oxygen atoms in total. The molecular weight excluding hydrogens is 361 g/mol. The van der Waals surface area contributed by atoms with Crippen molar-refractivity contribution in [3.63, 3.8) is 0 Å². The van der Waals surface area contributed by atoms with Crippen molar-refractivity contribution in [1.82, 2.24) is 5.32 Å². The fourth-order valence-corrected chi connectivity index (χ4v) is 3.03. The number of methoxy groups -OCH3 is 1. The standard InChI is InChI=1S/C15H18BrClFNO2/c1-8(2)5-19-6-12-9(7-20-3)13-14(18)11(17)4-10(16)15(13)21-12/h4,8,19H,5-7H2,1-3H3. The highest BCUT2D eigenvalue weighted by atomic mass is 79.9. The first-order valence-electron chi connectivity index (χ1n) is 6.73. The number of hydrogen-bond acceptors (Lipinski definition) is 3. The fourth-order valence-electron chi connectivity index (χ4n) is 2.19. The minimum atomic E-state index is -0.472. The average Bonchev–Trinajstić information content (AvgIpc) is 2.76. The zero-order valence-corrected chi connectivity index (χ0v) is 14.6. The number of fused-ring (bicyclic) bond motifs is 1. The number of ether oxygens (including phenoxy) is 1. The largest absolute Gasteiger partial charge is 0.458 e. The lowest BCUT2D eigenvalue weighted by Gasteiger charge is -2.07. The van der Waals surface area contributed by atoms with Gasteiger partial charge < -0.3 is 14.5 Å². The molecule has 0 spiro atoms. The van der Waals surface area contributed by atoms with Gasteiger partial charge in [-0.25, -0.2) is 4.39 Å². The van der Waals surface area contributed by atoms with E-state index in [4.69, 9.17) is 20.8 Å². The zero-order chi connectivity index (χ0) is 15.6. The van der Waals surface area contributed by atoms with Crippen LogP contribution in [-0.4, -0.2) is 13.7 Å². The SMILES string of the molecule is COCc1c(CNCC(C)C)oc2c(Br)cc(Cl)c(F)c12. The Labute approximate surface area is 136 Å². The molecule has 6 heteroatoms. The normalized spacial score (nSPS) is 11.8. The van der Waals surface area contributed by atoms with Crippen LogP contribution in [0.4, 0.5) is 4.39 Å². The van der Waals surface area contributed by atoms with Crippen molar-refractivity contribution in [3.05, 3.63) is 32.7 Å². The molecule has 0 aliphatic heterocycles. The zero-order valence-electron chi connectivity index (χ0n) is 12.2. The molecule has 0 aliphatic carbocycles. The van der Waals surface area contributed by atoms with Gasteiger partial charge in [0.05, 0.1) is 28.0 Å². The van der Waals surface area contributed by atoms with Crippen molar-refractivity contribution in [3.8, 4) is 0 Å². The van der Waals surface area contributed by atoms with Crippen LogP contribution in [0.5, 0.6) is 0 Å². The monoisotopic (exact) mass is 377 g/mol. The van der Waals surface area contributed by atoms with Crippen LogP contribution in [0.1, 0.15) is 25.2 Å². The molecule has 0 bridgehead atoms. The number of benzene rings is 1. The Balaban J connectivity index is 2.47. The summed E-state index contributed by atoms with van der Waals surface area (Å²) in [6.07, 6.45) is 0. The maximum atomic E-state index is 14.3. The lowest BCUT2D eigenvalue weighted by Crippen LogP contribution is -2.19. The van der Waals surface area contributed by atoms with Crippen molar-refractivity contribution >= 4 is 38.5 Å². The molecule has 2 aromatic rings. The summed E-state index contributed by atoms with van der Waals surface area (Å²) in [5, 5.41) is 3.75. The van der Waals surface area contributed by atoms with E-state index in [2.05, 4.69) is 35.1 Å². The second-order valence-electron chi connectivity index (χ2n) is 5.32. The van der Waals surface area contributed by atoms with Crippen LogP contribution in [0.25, 0.3) is 11.0 Å². The first-order valence-corrected chi connectivity index (χ1v) is 7.90. The third-order valence-electron chi connectivity index (χ3n) is 3.12. The summed E-state index contributed by atoms with van der Waals surface area (Å²) in [7, 11) is 1.57. The van der Waals surface area contributed by atoms with Gasteiger partial charge in [0.25, 0.3) is 0 Å². The summed E-state index contributed by atoms with van der Waals surface area (Å²) >= 11 is 9.28. The van der Waals surface area contributed by atoms with Gasteiger partial charge in [0.2, 0.25) is 0 Å². The lowest BCUT2D eigenvalue weighted by atomic mass is 10.1. The molecule has 0 saturated heterocycles. The smallest absolute Gasteiger partial charge is 0.153 e. The van der Waals surface area contributed by atoms with E-state index < -0.39 is 5.82 Å². The van der Waals surface area contributed by atoms with E-state index in [0.29, 0.717) is 39.2 Å². The molecule has 0 unspecified atom stereocenters. The van der Waals surface area contributed by atoms with Crippen molar-refractivity contribution in [1.29, 1.82) is 0 Å². The van der Waals surface area contributed by atoms with Crippen molar-refractivity contribution in [2.75, 3.05) is 13.7 Å². The molecule has 0 radical (unpaired) electrons. The van der Waals surface area contributed by atoms with Crippen LogP contribution in [0, 0.1) is 11.7 Å². The van der Waals surface area contributed by atoms with Gasteiger partial charge in [-0.2, -0.15) is 0 Å². The number of halogens is 3. The fraction of sp³-hybridized carbons (Fsp3) is 0.467. The Morgan fingerprint density at radius 1 is 1.48 bits per heavy atom. The molecule has 0 saturated carbocycles. The Morgan fingerprint density at radius 2 is 2.19 bits per heavy atom. The summed E-state index contributed by atoms with van der Waals surface area (Å²) in [5.41, 5.74) is 1.16. The molecule has 116 valence electrons. The first-order chi connectivity index (χ1) is 9.95. The molecule has 2 rings (SSSR count). The van der Waals surface area contributed by atoms with Crippen LogP contribution in [-0.2, 0) is 17.9 Å². The van der Waals surface area contributed by atoms with Gasteiger partial charge in [-0.15, -0.1) is 0 Å². The summed E-state index contributed by atoms with van der Waals surface area (Å²) in [6, 6.07) is 1.50. The first kappa shape index (κ1) is 16.7. The van der Waals surface area contributed by atoms with E-state index in [9.17, 15) is 4.39 Å². The lowest BCUT2D eigenvalue weighted by molar-refractivity contribution is 0.183. The Morgan fingerprint density at radius 3 is 2.81 bits per heavy atom. The minimum absolute atomic E-state index is 0.0641. The number of furan rings is 1. The minimum Gasteiger partial charge on any atom is -0.458 e. The van der Waals surface area contributed by atoms with Crippen LogP contribution >= 0.6 is 27.5 Å². The highest BCUT2D eigenvalue weighted by molar-refractivity contribution is 9.10. The average molecular weight is 379 g/mol. The summed E-state index contributed by atoms with van der Waals surface area (Å²) in [6.45, 7) is 5.90. The second-order valence-corrected chi connectivity index (χ2v) is 6.58. The van der Waals surface area contributed by atoms with Crippen molar-refractivity contribution in [2.24, 2.45) is 5.92 Å². The highest BCUT2D eigenvalue weighted by Crippen LogP contribution is 2.37. The third kappa shape index (κ3) is 3.59. The molecule has 1 heterocycles. The molecule has 1 aromatic carbocycles. The van der Waals surface area contributed by atoms with E-state index in [0.717, 1.165) is 6.54 Å². The summed E-state index contributed by atoms with van der Waals surface area (Å²) in [5.74, 6) is 0.730. The predicted octanol–water partition coefficient (Wildman–Crippen LogP) is 4.88. The number of hydrogen-bond donors (Lipinski definition) is 1. The van der Waals surface area contributed by atoms with E-state index >= 15 is 0 Å². The van der Waals surface area contributed by atoms with Gasteiger partial charge in [0.1, 0.15) is 5.76 Å². The van der Waals surface area contributed by atoms with E-state index in [1.54, 1.807) is 7.11 Å². The molecule has 21 heavy (non-hydrogen) atoms. The Kier molecular flexibility index (Phi) is 5.66. The van der Waals surface area contributed by atoms with Crippen molar-refractivity contribution < 1.29 is 13.5 Å². The van der Waals surface area contributed by atoms with Crippen LogP contribution < -0.4 is 5.32 Å². The molecule has 0 aliphatic rings. The molecule has 0 fully saturated rings. The van der Waals surface area contributed by atoms with Gasteiger partial charge in [-0.05, 0) is 34.5 Å². The maximum Gasteiger partial charge on any atom is 0.153 e.